The van der Waals surface area contributed by atoms with Gasteiger partial charge in [0.05, 0.1) is 16.5 Å². The maximum atomic E-state index is 12.8. The van der Waals surface area contributed by atoms with Crippen molar-refractivity contribution in [1.82, 2.24) is 0 Å². The third-order valence-corrected chi connectivity index (χ3v) is 6.11. The van der Waals surface area contributed by atoms with Gasteiger partial charge in [0.1, 0.15) is 0 Å². The summed E-state index contributed by atoms with van der Waals surface area (Å²) in [7, 11) is 0. The molecule has 2 aromatic carbocycles. The van der Waals surface area contributed by atoms with E-state index < -0.39 is 12.1 Å². The number of ether oxygens (including phenoxy) is 1. The molecule has 1 N–H and O–H groups in total. The Hall–Kier alpha value is -2.80. The fraction of sp³-hybridized carbons (Fsp3) is 0.286. The van der Waals surface area contributed by atoms with Crippen LogP contribution >= 0.6 is 11.8 Å². The van der Waals surface area contributed by atoms with Gasteiger partial charge in [-0.05, 0) is 50.1 Å². The van der Waals surface area contributed by atoms with Gasteiger partial charge in [-0.15, -0.1) is 11.8 Å². The minimum atomic E-state index is -0.904. The van der Waals surface area contributed by atoms with Crippen molar-refractivity contribution in [1.29, 1.82) is 0 Å². The van der Waals surface area contributed by atoms with Gasteiger partial charge < -0.3 is 15.0 Å². The maximum Gasteiger partial charge on any atom is 0.338 e. The third kappa shape index (κ3) is 3.38. The topological polar surface area (TPSA) is 75.7 Å². The Balaban J connectivity index is 1.46. The van der Waals surface area contributed by atoms with Crippen molar-refractivity contribution in [2.24, 2.45) is 0 Å². The van der Waals surface area contributed by atoms with Crippen molar-refractivity contribution < 1.29 is 19.1 Å². The molecule has 2 amide bonds. The molecular formula is C21H20N2O4S. The summed E-state index contributed by atoms with van der Waals surface area (Å²) >= 11 is 1.44. The van der Waals surface area contributed by atoms with Crippen molar-refractivity contribution in [3.63, 3.8) is 0 Å². The molecule has 0 bridgehead atoms. The number of rotatable bonds is 3. The Morgan fingerprint density at radius 2 is 2.04 bits per heavy atom. The largest absolute Gasteiger partial charge is 0.449 e. The summed E-state index contributed by atoms with van der Waals surface area (Å²) in [5.41, 5.74) is 2.88. The van der Waals surface area contributed by atoms with Gasteiger partial charge in [-0.1, -0.05) is 18.2 Å². The van der Waals surface area contributed by atoms with Crippen LogP contribution in [0.4, 0.5) is 11.4 Å². The molecule has 2 heterocycles. The number of hydrogen-bond donors (Lipinski definition) is 1. The number of carbonyl (C=O) groups excluding carboxylic acids is 3. The van der Waals surface area contributed by atoms with E-state index in [1.807, 2.05) is 31.2 Å². The summed E-state index contributed by atoms with van der Waals surface area (Å²) in [5, 5.41) is 2.62. The molecule has 2 atom stereocenters. The zero-order valence-corrected chi connectivity index (χ0v) is 16.4. The van der Waals surface area contributed by atoms with Crippen molar-refractivity contribution >= 4 is 40.9 Å². The van der Waals surface area contributed by atoms with Gasteiger partial charge in [0.15, 0.2) is 6.10 Å². The fourth-order valence-corrected chi connectivity index (χ4v) is 4.33. The Labute approximate surface area is 167 Å². The average Bonchev–Trinajstić information content (AvgIpc) is 3.12. The molecule has 0 saturated heterocycles. The van der Waals surface area contributed by atoms with Gasteiger partial charge in [-0.2, -0.15) is 0 Å². The van der Waals surface area contributed by atoms with Crippen LogP contribution < -0.4 is 10.2 Å². The van der Waals surface area contributed by atoms with Crippen LogP contribution in [0.15, 0.2) is 47.4 Å². The van der Waals surface area contributed by atoms with E-state index in [2.05, 4.69) is 5.32 Å². The highest BCUT2D eigenvalue weighted by atomic mass is 32.2. The van der Waals surface area contributed by atoms with Crippen LogP contribution in [0.3, 0.4) is 0 Å². The number of carbonyl (C=O) groups is 3. The number of amides is 2. The van der Waals surface area contributed by atoms with Crippen LogP contribution in [0.2, 0.25) is 0 Å². The van der Waals surface area contributed by atoms with Gasteiger partial charge in [0.2, 0.25) is 5.91 Å². The highest BCUT2D eigenvalue weighted by Gasteiger charge is 2.30. The molecule has 7 heteroatoms. The predicted molar refractivity (Wildman–Crippen MR) is 108 cm³/mol. The number of nitrogens with one attached hydrogen (secondary N) is 1. The number of esters is 1. The van der Waals surface area contributed by atoms with Crippen molar-refractivity contribution in [3.05, 3.63) is 53.6 Å². The van der Waals surface area contributed by atoms with E-state index in [4.69, 9.17) is 4.74 Å². The SMILES string of the molecule is C[C@H](OC(=O)c1ccc2c(c1)NC(=O)[C@@H](C)S2)C(=O)N1CCc2ccccc21. The molecule has 0 spiro atoms. The van der Waals surface area contributed by atoms with Gasteiger partial charge in [0.25, 0.3) is 5.91 Å². The number of nitrogens with zero attached hydrogens (tertiary/aromatic N) is 1. The Bertz CT molecular complexity index is 975. The summed E-state index contributed by atoms with van der Waals surface area (Å²) in [4.78, 5) is 39.7. The van der Waals surface area contributed by atoms with Gasteiger partial charge in [-0.25, -0.2) is 4.79 Å². The lowest BCUT2D eigenvalue weighted by molar-refractivity contribution is -0.126. The van der Waals surface area contributed by atoms with E-state index in [-0.39, 0.29) is 17.1 Å². The lowest BCUT2D eigenvalue weighted by atomic mass is 10.2. The smallest absolute Gasteiger partial charge is 0.338 e. The second kappa shape index (κ2) is 7.31. The standard InChI is InChI=1S/C21H20N2O4S/c1-12(20(25)23-10-9-14-5-3-4-6-17(14)23)27-21(26)15-7-8-18-16(11-15)22-19(24)13(2)28-18/h3-8,11-13H,9-10H2,1-2H3,(H,22,24)/t12-,13+/m0/s1. The Kier molecular flexibility index (Phi) is 4.85. The lowest BCUT2D eigenvalue weighted by Gasteiger charge is -2.23. The number of thioether (sulfide) groups is 1. The van der Waals surface area contributed by atoms with Gasteiger partial charge in [-0.3, -0.25) is 9.59 Å². The zero-order valence-electron chi connectivity index (χ0n) is 15.6. The molecule has 28 heavy (non-hydrogen) atoms. The van der Waals surface area contributed by atoms with Gasteiger partial charge >= 0.3 is 5.97 Å². The molecule has 6 nitrogen and oxygen atoms in total. The second-order valence-corrected chi connectivity index (χ2v) is 8.26. The van der Waals surface area contributed by atoms with E-state index in [9.17, 15) is 14.4 Å². The monoisotopic (exact) mass is 396 g/mol. The number of benzene rings is 2. The number of fused-ring (bicyclic) bond motifs is 2. The normalized spacial score (nSPS) is 18.7. The summed E-state index contributed by atoms with van der Waals surface area (Å²) in [6.45, 7) is 3.99. The van der Waals surface area contributed by atoms with Crippen molar-refractivity contribution in [3.8, 4) is 0 Å². The highest BCUT2D eigenvalue weighted by molar-refractivity contribution is 8.00. The molecule has 0 radical (unpaired) electrons. The Morgan fingerprint density at radius 3 is 2.86 bits per heavy atom. The average molecular weight is 396 g/mol. The van der Waals surface area contributed by atoms with Gasteiger partial charge in [0, 0.05) is 17.1 Å². The first-order valence-electron chi connectivity index (χ1n) is 9.16. The first-order valence-corrected chi connectivity index (χ1v) is 10.0. The van der Waals surface area contributed by atoms with E-state index in [0.717, 1.165) is 22.6 Å². The highest BCUT2D eigenvalue weighted by Crippen LogP contribution is 2.36. The Morgan fingerprint density at radius 1 is 1.25 bits per heavy atom. The van der Waals surface area contributed by atoms with E-state index in [1.165, 1.54) is 11.8 Å². The van der Waals surface area contributed by atoms with E-state index >= 15 is 0 Å². The van der Waals surface area contributed by atoms with Crippen LogP contribution in [-0.4, -0.2) is 35.7 Å². The van der Waals surface area contributed by atoms with Crippen molar-refractivity contribution in [2.45, 2.75) is 36.5 Å². The fourth-order valence-electron chi connectivity index (χ4n) is 3.40. The molecule has 2 aliphatic rings. The lowest BCUT2D eigenvalue weighted by Crippen LogP contribution is -2.39. The van der Waals surface area contributed by atoms with E-state index in [1.54, 1.807) is 30.0 Å². The zero-order chi connectivity index (χ0) is 19.8. The molecule has 2 aromatic rings. The molecule has 2 aliphatic heterocycles. The van der Waals surface area contributed by atoms with Crippen LogP contribution in [0, 0.1) is 0 Å². The second-order valence-electron chi connectivity index (χ2n) is 6.88. The maximum absolute atomic E-state index is 12.8. The molecule has 0 aliphatic carbocycles. The molecular weight excluding hydrogens is 376 g/mol. The number of anilines is 2. The van der Waals surface area contributed by atoms with E-state index in [0.29, 0.717) is 17.8 Å². The minimum absolute atomic E-state index is 0.0979. The summed E-state index contributed by atoms with van der Waals surface area (Å²) in [6, 6.07) is 12.8. The first kappa shape index (κ1) is 18.6. The third-order valence-electron chi connectivity index (χ3n) is 4.93. The summed E-state index contributed by atoms with van der Waals surface area (Å²) < 4.78 is 5.41. The van der Waals surface area contributed by atoms with Crippen molar-refractivity contribution in [2.75, 3.05) is 16.8 Å². The molecule has 0 fully saturated rings. The molecule has 0 aromatic heterocycles. The molecule has 0 saturated carbocycles. The van der Waals surface area contributed by atoms with Crippen LogP contribution in [0.5, 0.6) is 0 Å². The number of hydrogen-bond acceptors (Lipinski definition) is 5. The summed E-state index contributed by atoms with van der Waals surface area (Å²) in [6.07, 6.45) is -0.109. The minimum Gasteiger partial charge on any atom is -0.449 e. The van der Waals surface area contributed by atoms with Crippen LogP contribution in [-0.2, 0) is 20.7 Å². The van der Waals surface area contributed by atoms with Crippen LogP contribution in [0.25, 0.3) is 0 Å². The number of para-hydroxylation sites is 1. The quantitative estimate of drug-likeness (QED) is 0.806. The molecule has 144 valence electrons. The first-order chi connectivity index (χ1) is 13.4. The summed E-state index contributed by atoms with van der Waals surface area (Å²) in [5.74, 6) is -0.929. The predicted octanol–water partition coefficient (Wildman–Crippen LogP) is 3.25. The molecule has 4 rings (SSSR count). The van der Waals surface area contributed by atoms with Crippen LogP contribution in [0.1, 0.15) is 29.8 Å². The molecule has 0 unspecified atom stereocenters.